The lowest BCUT2D eigenvalue weighted by Gasteiger charge is -2.73. The third-order valence-electron chi connectivity index (χ3n) is 20.3. The van der Waals surface area contributed by atoms with Crippen molar-refractivity contribution in [3.05, 3.63) is 212 Å². The van der Waals surface area contributed by atoms with Crippen LogP contribution in [0.5, 0.6) is 0 Å². The Bertz CT molecular complexity index is 3110. The van der Waals surface area contributed by atoms with Crippen molar-refractivity contribution < 1.29 is 0 Å². The van der Waals surface area contributed by atoms with Crippen LogP contribution in [0.3, 0.4) is 0 Å². The van der Waals surface area contributed by atoms with E-state index < -0.39 is 0 Å². The molecule has 4 N–H and O–H groups in total. The highest BCUT2D eigenvalue weighted by atomic mass is 32.2. The first kappa shape index (κ1) is 49.5. The minimum atomic E-state index is -0.175. The normalized spacial score (nSPS) is 34.3. The molecule has 0 bridgehead atoms. The topological polar surface area (TPSA) is 70.8 Å². The summed E-state index contributed by atoms with van der Waals surface area (Å²) in [4.78, 5) is 20.5. The molecule has 6 heterocycles. The maximum Gasteiger partial charge on any atom is 0.141 e. The van der Waals surface area contributed by atoms with Crippen LogP contribution in [0.25, 0.3) is 0 Å². The highest BCUT2D eigenvalue weighted by Gasteiger charge is 2.67. The van der Waals surface area contributed by atoms with Gasteiger partial charge in [-0.3, -0.25) is 25.8 Å². The minimum absolute atomic E-state index is 0.0205. The quantitative estimate of drug-likeness (QED) is 0.111. The van der Waals surface area contributed by atoms with Crippen molar-refractivity contribution in [2.45, 2.75) is 147 Å². The number of rotatable bonds is 9. The van der Waals surface area contributed by atoms with Crippen molar-refractivity contribution in [2.24, 2.45) is 0 Å². The van der Waals surface area contributed by atoms with Crippen LogP contribution >= 0.6 is 11.8 Å². The maximum atomic E-state index is 4.42. The summed E-state index contributed by atoms with van der Waals surface area (Å²) in [6.07, 6.45) is 9.53. The van der Waals surface area contributed by atoms with Gasteiger partial charge >= 0.3 is 0 Å². The van der Waals surface area contributed by atoms with Crippen molar-refractivity contribution in [3.63, 3.8) is 0 Å². The standard InChI is InChI=1S/C68H75N11S/c1-8-24-46(25-9-1)73(47-26-10-2-11-27-47)53-40-59-63-60(41-53)76(51-34-18-6-19-35-51)57-43-62-58(42-56(57)78(63)55-39-23-22-38-54(55)75(59)50-32-16-5-17-33-50)79-61-44-69-45-70-65(61)77(52-36-20-7-21-37-52)66-64(79)67(80-62)72-68(71-66)74(48-28-12-3-13-29-48)49-30-14-4-15-31-49/h1-21,24-37,53-72H,22-23,38-45H2. The van der Waals surface area contributed by atoms with E-state index in [1.165, 1.54) is 65.5 Å². The Kier molecular flexibility index (Phi) is 12.9. The molecule has 16 atom stereocenters. The number of para-hydroxylation sites is 7. The van der Waals surface area contributed by atoms with E-state index >= 15 is 0 Å². The number of thioether (sulfide) groups is 1. The van der Waals surface area contributed by atoms with E-state index in [1.807, 2.05) is 0 Å². The van der Waals surface area contributed by atoms with Gasteiger partial charge < -0.3 is 29.8 Å². The zero-order chi connectivity index (χ0) is 52.7. The molecular weight excluding hydrogens is 1000 g/mol. The molecule has 408 valence electrons. The van der Waals surface area contributed by atoms with E-state index in [4.69, 9.17) is 0 Å². The summed E-state index contributed by atoms with van der Waals surface area (Å²) in [7, 11) is 0. The second-order valence-electron chi connectivity index (χ2n) is 24.2. The number of anilines is 7. The molecule has 3 saturated carbocycles. The first-order valence-corrected chi connectivity index (χ1v) is 31.1. The summed E-state index contributed by atoms with van der Waals surface area (Å²) in [5.41, 5.74) is 8.98. The lowest BCUT2D eigenvalue weighted by atomic mass is 9.67. The Morgan fingerprint density at radius 1 is 0.388 bits per heavy atom. The number of fused-ring (bicyclic) bond motifs is 8. The van der Waals surface area contributed by atoms with E-state index in [0.717, 1.165) is 38.9 Å². The van der Waals surface area contributed by atoms with Gasteiger partial charge in [0.2, 0.25) is 0 Å². The highest BCUT2D eigenvalue weighted by molar-refractivity contribution is 8.00. The molecule has 0 spiro atoms. The highest BCUT2D eigenvalue weighted by Crippen LogP contribution is 2.56. The van der Waals surface area contributed by atoms with Crippen LogP contribution in [0.4, 0.5) is 39.8 Å². The van der Waals surface area contributed by atoms with Crippen molar-refractivity contribution in [3.8, 4) is 0 Å². The molecule has 9 aliphatic rings. The van der Waals surface area contributed by atoms with Crippen molar-refractivity contribution >= 4 is 51.6 Å². The van der Waals surface area contributed by atoms with Crippen molar-refractivity contribution in [1.29, 1.82) is 0 Å². The lowest BCUT2D eigenvalue weighted by Crippen LogP contribution is -2.89. The van der Waals surface area contributed by atoms with Gasteiger partial charge in [0.1, 0.15) is 12.5 Å². The summed E-state index contributed by atoms with van der Waals surface area (Å²) in [5.74, 6) is 0. The number of hydrogen-bond donors (Lipinski definition) is 4. The lowest BCUT2D eigenvalue weighted by molar-refractivity contribution is -0.102. The van der Waals surface area contributed by atoms with Gasteiger partial charge in [-0.1, -0.05) is 140 Å². The molecule has 16 unspecified atom stereocenters. The van der Waals surface area contributed by atoms with Gasteiger partial charge in [-0.2, -0.15) is 0 Å². The van der Waals surface area contributed by atoms with E-state index in [1.54, 1.807) is 0 Å². The van der Waals surface area contributed by atoms with Crippen LogP contribution in [-0.4, -0.2) is 119 Å². The molecule has 7 aromatic carbocycles. The number of piperazine rings is 3. The molecule has 12 heteroatoms. The van der Waals surface area contributed by atoms with E-state index in [9.17, 15) is 0 Å². The third-order valence-corrected chi connectivity index (χ3v) is 21.8. The molecule has 16 rings (SSSR count). The van der Waals surface area contributed by atoms with E-state index in [-0.39, 0.29) is 42.1 Å². The van der Waals surface area contributed by atoms with Gasteiger partial charge in [0.15, 0.2) is 0 Å². The van der Waals surface area contributed by atoms with Crippen LogP contribution in [-0.2, 0) is 0 Å². The zero-order valence-corrected chi connectivity index (χ0v) is 46.4. The Morgan fingerprint density at radius 2 is 0.863 bits per heavy atom. The van der Waals surface area contributed by atoms with Gasteiger partial charge in [0.25, 0.3) is 0 Å². The summed E-state index contributed by atoms with van der Waals surface area (Å²) < 4.78 is 0. The van der Waals surface area contributed by atoms with Crippen LogP contribution in [0.2, 0.25) is 0 Å². The van der Waals surface area contributed by atoms with Crippen molar-refractivity contribution in [2.75, 3.05) is 37.7 Å². The average molecular weight is 1080 g/mol. The first-order chi connectivity index (χ1) is 39.7. The summed E-state index contributed by atoms with van der Waals surface area (Å²) in [5, 5.41) is 17.4. The fraction of sp³-hybridized carbons (Fsp3) is 0.382. The smallest absolute Gasteiger partial charge is 0.141 e. The van der Waals surface area contributed by atoms with E-state index in [2.05, 4.69) is 280 Å². The molecule has 0 amide bonds. The van der Waals surface area contributed by atoms with Crippen molar-refractivity contribution in [1.82, 2.24) is 31.1 Å². The zero-order valence-electron chi connectivity index (χ0n) is 45.6. The number of benzene rings is 7. The Balaban J connectivity index is 0.847. The fourth-order valence-corrected chi connectivity index (χ4v) is 19.3. The Hall–Kier alpha value is -6.35. The molecule has 0 radical (unpaired) electrons. The van der Waals surface area contributed by atoms with Gasteiger partial charge in [-0.15, -0.1) is 11.8 Å². The van der Waals surface area contributed by atoms with E-state index in [0.29, 0.717) is 53.6 Å². The summed E-state index contributed by atoms with van der Waals surface area (Å²) >= 11 is 2.28. The Morgan fingerprint density at radius 3 is 1.41 bits per heavy atom. The molecular formula is C68H75N11S. The second-order valence-corrected chi connectivity index (χ2v) is 25.5. The van der Waals surface area contributed by atoms with Gasteiger partial charge in [-0.25, -0.2) is 0 Å². The van der Waals surface area contributed by atoms with Crippen LogP contribution in [0.1, 0.15) is 51.4 Å². The van der Waals surface area contributed by atoms with Gasteiger partial charge in [0.05, 0.1) is 29.7 Å². The molecule has 11 nitrogen and oxygen atoms in total. The predicted octanol–water partition coefficient (Wildman–Crippen LogP) is 10.8. The number of hydrogen-bond acceptors (Lipinski definition) is 12. The Labute approximate surface area is 477 Å². The molecule has 0 aromatic heterocycles. The summed E-state index contributed by atoms with van der Waals surface area (Å²) in [6, 6.07) is 83.4. The minimum Gasteiger partial charge on any atom is -0.362 e. The maximum absolute atomic E-state index is 4.42. The van der Waals surface area contributed by atoms with Crippen LogP contribution in [0, 0.1) is 0 Å². The summed E-state index contributed by atoms with van der Waals surface area (Å²) in [6.45, 7) is 1.74. The molecule has 80 heavy (non-hydrogen) atoms. The SMILES string of the molecule is c1ccc(N(c2ccccc2)C2CC3C4C(C2)N(c2ccccc2)C2CC5SC6NC(N(c7ccccc7)c7ccccc7)NC7C6N(C5CC2N4C2CCCCC2N3c2ccccc2)C2CNCNC2N7c2ccccc2)cc1. The number of nitrogens with one attached hydrogen (secondary N) is 4. The predicted molar refractivity (Wildman–Crippen MR) is 328 cm³/mol. The van der Waals surface area contributed by atoms with Gasteiger partial charge in [0, 0.05) is 107 Å². The second kappa shape index (κ2) is 20.9. The molecule has 3 aliphatic carbocycles. The third kappa shape index (κ3) is 8.29. The fourth-order valence-electron chi connectivity index (χ4n) is 17.6. The van der Waals surface area contributed by atoms with Gasteiger partial charge in [-0.05, 0) is 123 Å². The first-order valence-electron chi connectivity index (χ1n) is 30.2. The molecule has 7 aromatic rings. The average Bonchev–Trinajstić information content (AvgIpc) is 3.69. The molecule has 6 aliphatic heterocycles. The molecule has 9 fully saturated rings. The number of nitrogens with zero attached hydrogens (tertiary/aromatic N) is 7. The largest absolute Gasteiger partial charge is 0.362 e. The van der Waals surface area contributed by atoms with Crippen LogP contribution in [0.15, 0.2) is 212 Å². The van der Waals surface area contributed by atoms with Crippen LogP contribution < -0.4 is 45.8 Å². The molecule has 6 saturated heterocycles. The monoisotopic (exact) mass is 1080 g/mol.